The van der Waals surface area contributed by atoms with Gasteiger partial charge in [-0.05, 0) is 92.3 Å². The lowest BCUT2D eigenvalue weighted by Crippen LogP contribution is -3.00. The van der Waals surface area contributed by atoms with Crippen LogP contribution in [0, 0.1) is 34.9 Å². The van der Waals surface area contributed by atoms with E-state index < -0.39 is 34.9 Å². The molecule has 53 heavy (non-hydrogen) atoms. The Kier molecular flexibility index (Phi) is 8.82. The van der Waals surface area contributed by atoms with Crippen LogP contribution in [0.5, 0.6) is 0 Å². The number of hydrogen-bond donors (Lipinski definition) is 0. The molecule has 0 N–H and O–H groups in total. The van der Waals surface area contributed by atoms with Crippen molar-refractivity contribution in [2.24, 2.45) is 0 Å². The molecule has 1 fully saturated rings. The number of benzene rings is 7. The Balaban J connectivity index is 0.00000400. The number of halogens is 7. The monoisotopic (exact) mass is 780 g/mol. The zero-order valence-electron chi connectivity index (χ0n) is 28.3. The lowest BCUT2D eigenvalue weighted by atomic mass is 9.82. The van der Waals surface area contributed by atoms with Gasteiger partial charge in [0.2, 0.25) is 0 Å². The third kappa shape index (κ3) is 5.87. The highest BCUT2D eigenvalue weighted by Crippen LogP contribution is 2.50. The number of quaternary nitrogens is 1. The van der Waals surface area contributed by atoms with E-state index in [4.69, 9.17) is 0 Å². The minimum atomic E-state index is -1.53. The first-order chi connectivity index (χ1) is 25.2. The standard InChI is InChI=1S/C44H31F6N2.BrH/c45-37-20-28(21-38(46)43(37)49)33-18-26-8-4-6-12-31(26)41-35(33)24-52(16-14-51(15-17-52)30-10-2-1-3-11-30)25-36-34(29-22-39(47)44(50)40(48)23-29)19-27-9-5-7-13-32(27)42(36)41;/h1-13,18-23H,14-17,24-25H2;1H/q+1;/p-1. The summed E-state index contributed by atoms with van der Waals surface area (Å²) in [7, 11) is 0. The van der Waals surface area contributed by atoms with Crippen molar-refractivity contribution in [3.05, 3.63) is 161 Å². The molecular formula is C44H31BrF6N2. The molecule has 0 amide bonds. The van der Waals surface area contributed by atoms with E-state index in [1.807, 2.05) is 78.9 Å². The third-order valence-corrected chi connectivity index (χ3v) is 11.0. The van der Waals surface area contributed by atoms with Crippen molar-refractivity contribution < 1.29 is 47.8 Å². The van der Waals surface area contributed by atoms with Crippen molar-refractivity contribution in [3.8, 4) is 33.4 Å². The molecule has 9 rings (SSSR count). The summed E-state index contributed by atoms with van der Waals surface area (Å²) in [6.07, 6.45) is 0. The van der Waals surface area contributed by atoms with Crippen LogP contribution >= 0.6 is 0 Å². The summed E-state index contributed by atoms with van der Waals surface area (Å²) in [5, 5.41) is 3.41. The maximum Gasteiger partial charge on any atom is 0.194 e. The first-order valence-corrected chi connectivity index (χ1v) is 17.2. The second kappa shape index (κ2) is 13.4. The maximum absolute atomic E-state index is 15.0. The van der Waals surface area contributed by atoms with Gasteiger partial charge in [-0.2, -0.15) is 0 Å². The van der Waals surface area contributed by atoms with Crippen molar-refractivity contribution in [1.29, 1.82) is 0 Å². The fourth-order valence-electron chi connectivity index (χ4n) is 8.45. The number of hydrogen-bond acceptors (Lipinski definition) is 1. The summed E-state index contributed by atoms with van der Waals surface area (Å²) in [4.78, 5) is 2.33. The van der Waals surface area contributed by atoms with Crippen LogP contribution in [0.15, 0.2) is 115 Å². The summed E-state index contributed by atoms with van der Waals surface area (Å²) in [6.45, 7) is 3.72. The van der Waals surface area contributed by atoms with E-state index in [9.17, 15) is 26.3 Å². The lowest BCUT2D eigenvalue weighted by Gasteiger charge is -2.45. The summed E-state index contributed by atoms with van der Waals surface area (Å²) >= 11 is 0. The molecule has 0 bridgehead atoms. The van der Waals surface area contributed by atoms with E-state index in [-0.39, 0.29) is 28.1 Å². The Hall–Kier alpha value is -5.12. The maximum atomic E-state index is 15.0. The first-order valence-electron chi connectivity index (χ1n) is 17.2. The van der Waals surface area contributed by atoms with Gasteiger partial charge in [-0.25, -0.2) is 26.3 Å². The summed E-state index contributed by atoms with van der Waals surface area (Å²) < 4.78 is 89.2. The van der Waals surface area contributed by atoms with E-state index in [0.717, 1.165) is 73.8 Å². The Morgan fingerprint density at radius 1 is 0.472 bits per heavy atom. The molecule has 0 radical (unpaired) electrons. The zero-order valence-corrected chi connectivity index (χ0v) is 29.8. The Labute approximate surface area is 312 Å². The van der Waals surface area contributed by atoms with E-state index in [0.29, 0.717) is 54.9 Å². The molecule has 0 unspecified atom stereocenters. The van der Waals surface area contributed by atoms with Crippen LogP contribution in [0.3, 0.4) is 0 Å². The molecule has 0 aromatic heterocycles. The van der Waals surface area contributed by atoms with Crippen molar-refractivity contribution in [2.45, 2.75) is 13.1 Å². The molecule has 2 heterocycles. The van der Waals surface area contributed by atoms with Gasteiger partial charge in [-0.15, -0.1) is 0 Å². The van der Waals surface area contributed by atoms with Gasteiger partial charge >= 0.3 is 0 Å². The van der Waals surface area contributed by atoms with E-state index >= 15 is 0 Å². The molecule has 266 valence electrons. The number of nitrogens with zero attached hydrogens (tertiary/aromatic N) is 2. The summed E-state index contributed by atoms with van der Waals surface area (Å²) in [6, 6.07) is 33.7. The Morgan fingerprint density at radius 3 is 1.30 bits per heavy atom. The molecule has 2 aliphatic heterocycles. The smallest absolute Gasteiger partial charge is 0.194 e. The van der Waals surface area contributed by atoms with Crippen molar-refractivity contribution >= 4 is 27.2 Å². The molecule has 1 spiro atoms. The highest BCUT2D eigenvalue weighted by atomic mass is 79.9. The van der Waals surface area contributed by atoms with Crippen LogP contribution in [0.1, 0.15) is 11.1 Å². The Bertz CT molecular complexity index is 2370. The number of piperazine rings is 1. The van der Waals surface area contributed by atoms with Crippen molar-refractivity contribution in [2.75, 3.05) is 31.1 Å². The number of anilines is 1. The molecular weight excluding hydrogens is 750 g/mol. The second-order valence-electron chi connectivity index (χ2n) is 13.9. The topological polar surface area (TPSA) is 3.24 Å². The summed E-state index contributed by atoms with van der Waals surface area (Å²) in [5.41, 5.74) is 6.06. The average molecular weight is 782 g/mol. The molecule has 0 aliphatic carbocycles. The van der Waals surface area contributed by atoms with Gasteiger partial charge in [0.1, 0.15) is 13.1 Å². The zero-order chi connectivity index (χ0) is 35.7. The normalized spacial score (nSPS) is 14.9. The SMILES string of the molecule is Fc1cc(-c2cc3ccccc3c3c2C[N+]2(CCN(c4ccccc4)CC2)Cc2c(-c4cc(F)c(F)c(F)c4)cc4ccccc4c2-3)cc(F)c1F.[Br-]. The molecule has 1 saturated heterocycles. The van der Waals surface area contributed by atoms with Gasteiger partial charge in [0, 0.05) is 27.9 Å². The molecule has 0 atom stereocenters. The quantitative estimate of drug-likeness (QED) is 0.0994. The molecule has 2 nitrogen and oxygen atoms in total. The number of fused-ring (bicyclic) bond motifs is 7. The minimum absolute atomic E-state index is 0. The van der Waals surface area contributed by atoms with Crippen LogP contribution in [0.2, 0.25) is 0 Å². The Morgan fingerprint density at radius 2 is 0.868 bits per heavy atom. The summed E-state index contributed by atoms with van der Waals surface area (Å²) in [5.74, 6) is -8.18. The highest BCUT2D eigenvalue weighted by Gasteiger charge is 2.40. The minimum Gasteiger partial charge on any atom is -1.00 e. The van der Waals surface area contributed by atoms with Crippen LogP contribution < -0.4 is 21.9 Å². The average Bonchev–Trinajstić information content (AvgIpc) is 3.30. The predicted molar refractivity (Wildman–Crippen MR) is 194 cm³/mol. The fraction of sp³-hybridized carbons (Fsp3) is 0.136. The molecule has 9 heteroatoms. The van der Waals surface area contributed by atoms with Crippen LogP contribution in [-0.2, 0) is 13.1 Å². The van der Waals surface area contributed by atoms with Crippen LogP contribution in [0.4, 0.5) is 32.0 Å². The first kappa shape index (κ1) is 34.9. The fourth-order valence-corrected chi connectivity index (χ4v) is 8.45. The van der Waals surface area contributed by atoms with E-state index in [2.05, 4.69) is 17.0 Å². The molecule has 7 aromatic carbocycles. The van der Waals surface area contributed by atoms with Gasteiger partial charge in [0.15, 0.2) is 34.9 Å². The largest absolute Gasteiger partial charge is 1.00 e. The molecule has 2 aliphatic rings. The van der Waals surface area contributed by atoms with Gasteiger partial charge in [0.05, 0.1) is 26.2 Å². The van der Waals surface area contributed by atoms with Crippen molar-refractivity contribution in [1.82, 2.24) is 0 Å². The van der Waals surface area contributed by atoms with Crippen LogP contribution in [0.25, 0.3) is 54.9 Å². The number of para-hydroxylation sites is 1. The number of rotatable bonds is 3. The van der Waals surface area contributed by atoms with Crippen LogP contribution in [-0.4, -0.2) is 30.7 Å². The third-order valence-electron chi connectivity index (χ3n) is 11.0. The van der Waals surface area contributed by atoms with Gasteiger partial charge < -0.3 is 26.4 Å². The van der Waals surface area contributed by atoms with Gasteiger partial charge in [-0.1, -0.05) is 66.7 Å². The molecule has 7 aromatic rings. The van der Waals surface area contributed by atoms with Gasteiger partial charge in [0.25, 0.3) is 0 Å². The highest BCUT2D eigenvalue weighted by molar-refractivity contribution is 6.12. The molecule has 0 saturated carbocycles. The van der Waals surface area contributed by atoms with E-state index in [1.54, 1.807) is 0 Å². The lowest BCUT2D eigenvalue weighted by molar-refractivity contribution is -0.953. The van der Waals surface area contributed by atoms with E-state index in [1.165, 1.54) is 0 Å². The predicted octanol–water partition coefficient (Wildman–Crippen LogP) is 8.18. The van der Waals surface area contributed by atoms with Gasteiger partial charge in [-0.3, -0.25) is 0 Å². The van der Waals surface area contributed by atoms with Crippen molar-refractivity contribution in [3.63, 3.8) is 0 Å². The second-order valence-corrected chi connectivity index (χ2v) is 13.9.